The van der Waals surface area contributed by atoms with Crippen LogP contribution in [0.3, 0.4) is 0 Å². The molecule has 1 aromatic heterocycles. The summed E-state index contributed by atoms with van der Waals surface area (Å²) in [6.07, 6.45) is 3.07. The number of carbonyl (C=O) groups is 1. The van der Waals surface area contributed by atoms with Crippen LogP contribution in [0.2, 0.25) is 0 Å². The van der Waals surface area contributed by atoms with Crippen LogP contribution in [-0.4, -0.2) is 28.4 Å². The highest BCUT2D eigenvalue weighted by atomic mass is 32.1. The second kappa shape index (κ2) is 11.4. The van der Waals surface area contributed by atoms with Gasteiger partial charge in [-0.25, -0.2) is 9.37 Å². The fourth-order valence-corrected chi connectivity index (χ4v) is 3.74. The lowest BCUT2D eigenvalue weighted by molar-refractivity contribution is -0.121. The van der Waals surface area contributed by atoms with Gasteiger partial charge in [0.1, 0.15) is 11.6 Å². The molecule has 158 valence electrons. The molecule has 7 heteroatoms. The average Bonchev–Trinajstić information content (AvgIpc) is 3.23. The lowest BCUT2D eigenvalue weighted by Gasteiger charge is -2.20. The van der Waals surface area contributed by atoms with Crippen molar-refractivity contribution in [2.45, 2.75) is 39.2 Å². The van der Waals surface area contributed by atoms with Crippen LogP contribution < -0.4 is 10.2 Å². The molecular formula is C23H27FN4OS. The Labute approximate surface area is 181 Å². The molecule has 0 aliphatic heterocycles. The normalized spacial score (nSPS) is 10.7. The molecule has 2 aromatic carbocycles. The lowest BCUT2D eigenvalue weighted by Crippen LogP contribution is -2.31. The Balaban J connectivity index is 1.55. The van der Waals surface area contributed by atoms with Crippen molar-refractivity contribution in [2.75, 3.05) is 18.0 Å². The van der Waals surface area contributed by atoms with Gasteiger partial charge in [-0.2, -0.15) is 4.37 Å². The van der Waals surface area contributed by atoms with Crippen molar-refractivity contribution in [1.29, 1.82) is 0 Å². The highest BCUT2D eigenvalue weighted by molar-refractivity contribution is 7.09. The Morgan fingerprint density at radius 3 is 2.57 bits per heavy atom. The van der Waals surface area contributed by atoms with Gasteiger partial charge < -0.3 is 10.2 Å². The van der Waals surface area contributed by atoms with Crippen LogP contribution in [0.25, 0.3) is 0 Å². The highest BCUT2D eigenvalue weighted by Gasteiger charge is 2.14. The summed E-state index contributed by atoms with van der Waals surface area (Å²) in [4.78, 5) is 19.1. The van der Waals surface area contributed by atoms with E-state index >= 15 is 0 Å². The zero-order valence-corrected chi connectivity index (χ0v) is 18.0. The summed E-state index contributed by atoms with van der Waals surface area (Å²) in [5, 5.41) is 3.81. The van der Waals surface area contributed by atoms with E-state index < -0.39 is 0 Å². The summed E-state index contributed by atoms with van der Waals surface area (Å²) in [7, 11) is 0. The van der Waals surface area contributed by atoms with Crippen LogP contribution in [0.1, 0.15) is 43.1 Å². The fraction of sp³-hybridized carbons (Fsp3) is 0.348. The van der Waals surface area contributed by atoms with E-state index in [1.807, 2.05) is 30.3 Å². The molecule has 0 aliphatic carbocycles. The SMILES string of the molecule is CCCCN(CCC(=O)NCc1ccccc1)c1nc(Cc2ccc(F)cc2)ns1. The largest absolute Gasteiger partial charge is 0.352 e. The number of hydrogen-bond donors (Lipinski definition) is 1. The van der Waals surface area contributed by atoms with Gasteiger partial charge in [-0.05, 0) is 29.7 Å². The molecule has 1 heterocycles. The van der Waals surface area contributed by atoms with Crippen LogP contribution in [0, 0.1) is 5.82 Å². The standard InChI is InChI=1S/C23H27FN4OS/c1-2-3-14-28(15-13-22(29)25-17-19-7-5-4-6-8-19)23-26-21(27-30-23)16-18-9-11-20(24)12-10-18/h4-12H,2-3,13-17H2,1H3,(H,25,29). The number of unbranched alkanes of at least 4 members (excludes halogenated alkanes) is 1. The van der Waals surface area contributed by atoms with Crippen molar-refractivity contribution >= 4 is 22.6 Å². The Bertz CT molecular complexity index is 914. The molecule has 3 rings (SSSR count). The number of hydrogen-bond acceptors (Lipinski definition) is 5. The molecule has 1 N–H and O–H groups in total. The van der Waals surface area contributed by atoms with Crippen molar-refractivity contribution < 1.29 is 9.18 Å². The van der Waals surface area contributed by atoms with Crippen LogP contribution >= 0.6 is 11.5 Å². The first-order chi connectivity index (χ1) is 14.6. The number of rotatable bonds is 11. The maximum atomic E-state index is 13.1. The van der Waals surface area contributed by atoms with Gasteiger partial charge in [0.2, 0.25) is 11.0 Å². The van der Waals surface area contributed by atoms with E-state index in [2.05, 4.69) is 26.5 Å². The van der Waals surface area contributed by atoms with Crippen LogP contribution in [0.4, 0.5) is 9.52 Å². The lowest BCUT2D eigenvalue weighted by atomic mass is 10.1. The van der Waals surface area contributed by atoms with Crippen molar-refractivity contribution in [3.63, 3.8) is 0 Å². The number of aromatic nitrogens is 2. The number of halogens is 1. The molecule has 0 saturated heterocycles. The summed E-state index contributed by atoms with van der Waals surface area (Å²) in [5.41, 5.74) is 2.06. The summed E-state index contributed by atoms with van der Waals surface area (Å²) in [5.74, 6) is 0.495. The predicted octanol–water partition coefficient (Wildman–Crippen LogP) is 4.58. The first kappa shape index (κ1) is 21.9. The molecule has 0 unspecified atom stereocenters. The summed E-state index contributed by atoms with van der Waals surface area (Å²) >= 11 is 1.35. The predicted molar refractivity (Wildman–Crippen MR) is 119 cm³/mol. The summed E-state index contributed by atoms with van der Waals surface area (Å²) in [6, 6.07) is 16.3. The first-order valence-electron chi connectivity index (χ1n) is 10.3. The molecule has 0 saturated carbocycles. The first-order valence-corrected chi connectivity index (χ1v) is 11.0. The molecule has 0 spiro atoms. The zero-order chi connectivity index (χ0) is 21.2. The Morgan fingerprint density at radius 1 is 1.07 bits per heavy atom. The maximum absolute atomic E-state index is 13.1. The monoisotopic (exact) mass is 426 g/mol. The molecular weight excluding hydrogens is 399 g/mol. The van der Waals surface area contributed by atoms with Crippen molar-refractivity contribution in [1.82, 2.24) is 14.7 Å². The van der Waals surface area contributed by atoms with E-state index in [-0.39, 0.29) is 11.7 Å². The molecule has 5 nitrogen and oxygen atoms in total. The van der Waals surface area contributed by atoms with E-state index in [1.165, 1.54) is 23.7 Å². The van der Waals surface area contributed by atoms with Gasteiger partial charge in [0.05, 0.1) is 0 Å². The van der Waals surface area contributed by atoms with Crippen LogP contribution in [0.5, 0.6) is 0 Å². The maximum Gasteiger partial charge on any atom is 0.222 e. The minimum atomic E-state index is -0.248. The Kier molecular flexibility index (Phi) is 8.32. The smallest absolute Gasteiger partial charge is 0.222 e. The van der Waals surface area contributed by atoms with E-state index in [9.17, 15) is 9.18 Å². The molecule has 0 bridgehead atoms. The van der Waals surface area contributed by atoms with Gasteiger partial charge >= 0.3 is 0 Å². The average molecular weight is 427 g/mol. The van der Waals surface area contributed by atoms with Crippen molar-refractivity contribution in [3.8, 4) is 0 Å². The number of anilines is 1. The molecule has 0 aliphatic rings. The Hall–Kier alpha value is -2.80. The number of carbonyl (C=O) groups excluding carboxylic acids is 1. The number of nitrogens with one attached hydrogen (secondary N) is 1. The molecule has 0 radical (unpaired) electrons. The second-order valence-electron chi connectivity index (χ2n) is 7.15. The third-order valence-electron chi connectivity index (χ3n) is 4.73. The number of nitrogens with zero attached hydrogens (tertiary/aromatic N) is 3. The number of benzene rings is 2. The van der Waals surface area contributed by atoms with Crippen molar-refractivity contribution in [2.24, 2.45) is 0 Å². The minimum absolute atomic E-state index is 0.0244. The molecule has 3 aromatic rings. The highest BCUT2D eigenvalue weighted by Crippen LogP contribution is 2.20. The van der Waals surface area contributed by atoms with Gasteiger partial charge in [0.25, 0.3) is 0 Å². The zero-order valence-electron chi connectivity index (χ0n) is 17.2. The number of amides is 1. The minimum Gasteiger partial charge on any atom is -0.352 e. The second-order valence-corrected chi connectivity index (χ2v) is 7.88. The summed E-state index contributed by atoms with van der Waals surface area (Å²) < 4.78 is 17.5. The summed E-state index contributed by atoms with van der Waals surface area (Å²) in [6.45, 7) is 4.12. The van der Waals surface area contributed by atoms with Crippen molar-refractivity contribution in [3.05, 3.63) is 77.4 Å². The van der Waals surface area contributed by atoms with Gasteiger partial charge in [-0.1, -0.05) is 55.8 Å². The third kappa shape index (κ3) is 6.91. The fourth-order valence-electron chi connectivity index (χ4n) is 3.00. The van der Waals surface area contributed by atoms with Crippen LogP contribution in [0.15, 0.2) is 54.6 Å². The quantitative estimate of drug-likeness (QED) is 0.488. The van der Waals surface area contributed by atoms with E-state index in [1.54, 1.807) is 12.1 Å². The Morgan fingerprint density at radius 2 is 1.83 bits per heavy atom. The topological polar surface area (TPSA) is 58.1 Å². The van der Waals surface area contributed by atoms with Gasteiger partial charge in [-0.15, -0.1) is 0 Å². The van der Waals surface area contributed by atoms with Gasteiger partial charge in [0.15, 0.2) is 0 Å². The molecule has 1 amide bonds. The van der Waals surface area contributed by atoms with E-state index in [4.69, 9.17) is 0 Å². The van der Waals surface area contributed by atoms with E-state index in [0.717, 1.165) is 41.5 Å². The van der Waals surface area contributed by atoms with Crippen LogP contribution in [-0.2, 0) is 17.8 Å². The molecule has 30 heavy (non-hydrogen) atoms. The van der Waals surface area contributed by atoms with Gasteiger partial charge in [-0.3, -0.25) is 4.79 Å². The molecule has 0 atom stereocenters. The van der Waals surface area contributed by atoms with E-state index in [0.29, 0.717) is 25.9 Å². The molecule has 0 fully saturated rings. The van der Waals surface area contributed by atoms with Gasteiger partial charge in [0, 0.05) is 44.0 Å². The third-order valence-corrected chi connectivity index (χ3v) is 5.54.